The van der Waals surface area contributed by atoms with E-state index in [1.54, 1.807) is 12.1 Å². The lowest BCUT2D eigenvalue weighted by Crippen LogP contribution is -2.32. The third-order valence-electron chi connectivity index (χ3n) is 4.83. The van der Waals surface area contributed by atoms with Crippen molar-refractivity contribution in [2.75, 3.05) is 18.4 Å². The molecular weight excluding hydrogens is 374 g/mol. The number of hydrogen-bond donors (Lipinski definition) is 3. The summed E-state index contributed by atoms with van der Waals surface area (Å²) in [4.78, 5) is 24.9. The number of benzene rings is 3. The van der Waals surface area contributed by atoms with Gasteiger partial charge in [-0.2, -0.15) is 0 Å². The Morgan fingerprint density at radius 3 is 2.20 bits per heavy atom. The van der Waals surface area contributed by atoms with Gasteiger partial charge in [-0.25, -0.2) is 0 Å². The number of carbonyl (C=O) groups is 2. The molecular formula is C25H27N3O2. The normalized spacial score (nSPS) is 11.4. The first-order valence-corrected chi connectivity index (χ1v) is 10.1. The van der Waals surface area contributed by atoms with Crippen LogP contribution in [-0.4, -0.2) is 24.9 Å². The molecule has 0 aromatic heterocycles. The van der Waals surface area contributed by atoms with Crippen molar-refractivity contribution in [2.45, 2.75) is 19.4 Å². The Labute approximate surface area is 177 Å². The molecule has 154 valence electrons. The van der Waals surface area contributed by atoms with Crippen LogP contribution in [0.2, 0.25) is 0 Å². The Morgan fingerprint density at radius 2 is 1.47 bits per heavy atom. The average molecular weight is 402 g/mol. The molecule has 0 saturated heterocycles. The Hall–Kier alpha value is -3.60. The molecule has 30 heavy (non-hydrogen) atoms. The van der Waals surface area contributed by atoms with E-state index in [-0.39, 0.29) is 24.4 Å². The molecule has 3 N–H and O–H groups in total. The summed E-state index contributed by atoms with van der Waals surface area (Å²) < 4.78 is 0. The predicted molar refractivity (Wildman–Crippen MR) is 120 cm³/mol. The zero-order chi connectivity index (χ0) is 21.2. The van der Waals surface area contributed by atoms with Gasteiger partial charge in [0.2, 0.25) is 5.91 Å². The molecule has 3 aromatic rings. The van der Waals surface area contributed by atoms with Gasteiger partial charge in [-0.15, -0.1) is 0 Å². The predicted octanol–water partition coefficient (Wildman–Crippen LogP) is 3.95. The maximum Gasteiger partial charge on any atom is 0.253 e. The summed E-state index contributed by atoms with van der Waals surface area (Å²) >= 11 is 0. The first-order chi connectivity index (χ1) is 14.6. The maximum atomic E-state index is 12.6. The van der Waals surface area contributed by atoms with E-state index in [0.717, 1.165) is 12.0 Å². The summed E-state index contributed by atoms with van der Waals surface area (Å²) in [7, 11) is 0. The highest BCUT2D eigenvalue weighted by atomic mass is 16.2. The van der Waals surface area contributed by atoms with E-state index in [0.29, 0.717) is 17.8 Å². The van der Waals surface area contributed by atoms with Gasteiger partial charge in [0.1, 0.15) is 0 Å². The molecule has 0 bridgehead atoms. The smallest absolute Gasteiger partial charge is 0.253 e. The molecule has 0 saturated carbocycles. The van der Waals surface area contributed by atoms with Crippen LogP contribution in [0.5, 0.6) is 0 Å². The molecule has 0 radical (unpaired) electrons. The van der Waals surface area contributed by atoms with Gasteiger partial charge >= 0.3 is 0 Å². The first kappa shape index (κ1) is 21.1. The van der Waals surface area contributed by atoms with Crippen molar-refractivity contribution < 1.29 is 9.59 Å². The highest BCUT2D eigenvalue weighted by Crippen LogP contribution is 2.15. The van der Waals surface area contributed by atoms with Gasteiger partial charge < -0.3 is 16.0 Å². The van der Waals surface area contributed by atoms with Crippen molar-refractivity contribution in [1.82, 2.24) is 10.6 Å². The molecule has 5 nitrogen and oxygen atoms in total. The lowest BCUT2D eigenvalue weighted by molar-refractivity contribution is -0.120. The number of para-hydroxylation sites is 1. The van der Waals surface area contributed by atoms with Crippen molar-refractivity contribution in [3.63, 3.8) is 0 Å². The molecule has 0 unspecified atom stereocenters. The standard InChI is InChI=1S/C25H27N3O2/c1-19(21-12-6-3-7-13-21)28-24(29)18-27-23-15-9-8-14-22(23)25(30)26-17-16-20-10-4-2-5-11-20/h2-15,19,27H,16-18H2,1H3,(H,26,30)(H,28,29)/t19-/m1/s1. The molecule has 0 aliphatic rings. The number of carbonyl (C=O) groups excluding carboxylic acids is 2. The minimum atomic E-state index is -0.160. The minimum absolute atomic E-state index is 0.0861. The van der Waals surface area contributed by atoms with E-state index in [1.165, 1.54) is 5.56 Å². The van der Waals surface area contributed by atoms with Gasteiger partial charge in [0.05, 0.1) is 18.2 Å². The third kappa shape index (κ3) is 6.21. The summed E-state index contributed by atoms with van der Waals surface area (Å²) in [6.07, 6.45) is 0.766. The van der Waals surface area contributed by atoms with Gasteiger partial charge in [-0.1, -0.05) is 72.8 Å². The van der Waals surface area contributed by atoms with Crippen LogP contribution in [0.15, 0.2) is 84.9 Å². The molecule has 0 fully saturated rings. The number of anilines is 1. The minimum Gasteiger partial charge on any atom is -0.376 e. The lowest BCUT2D eigenvalue weighted by Gasteiger charge is -2.16. The van der Waals surface area contributed by atoms with Crippen LogP contribution in [0, 0.1) is 0 Å². The Balaban J connectivity index is 1.51. The highest BCUT2D eigenvalue weighted by molar-refractivity contribution is 6.00. The van der Waals surface area contributed by atoms with Crippen LogP contribution in [-0.2, 0) is 11.2 Å². The number of hydrogen-bond acceptors (Lipinski definition) is 3. The fourth-order valence-electron chi connectivity index (χ4n) is 3.19. The molecule has 5 heteroatoms. The second-order valence-corrected chi connectivity index (χ2v) is 7.09. The van der Waals surface area contributed by atoms with E-state index < -0.39 is 0 Å². The average Bonchev–Trinajstić information content (AvgIpc) is 2.79. The van der Waals surface area contributed by atoms with Crippen LogP contribution in [0.3, 0.4) is 0 Å². The van der Waals surface area contributed by atoms with Crippen LogP contribution in [0.25, 0.3) is 0 Å². The molecule has 3 aromatic carbocycles. The Bertz CT molecular complexity index is 958. The van der Waals surface area contributed by atoms with Crippen molar-refractivity contribution in [1.29, 1.82) is 0 Å². The Kier molecular flexibility index (Phi) is 7.61. The topological polar surface area (TPSA) is 70.2 Å². The van der Waals surface area contributed by atoms with Crippen molar-refractivity contribution in [3.05, 3.63) is 102 Å². The summed E-state index contributed by atoms with van der Waals surface area (Å²) in [5.41, 5.74) is 3.38. The molecule has 1 atom stereocenters. The van der Waals surface area contributed by atoms with Gasteiger partial charge in [-0.05, 0) is 36.6 Å². The summed E-state index contributed by atoms with van der Waals surface area (Å²) in [6, 6.07) is 27.0. The molecule has 0 heterocycles. The monoisotopic (exact) mass is 401 g/mol. The third-order valence-corrected chi connectivity index (χ3v) is 4.83. The Morgan fingerprint density at radius 1 is 0.833 bits per heavy atom. The number of nitrogens with one attached hydrogen (secondary N) is 3. The second-order valence-electron chi connectivity index (χ2n) is 7.09. The van der Waals surface area contributed by atoms with Gasteiger partial charge in [0.25, 0.3) is 5.91 Å². The zero-order valence-corrected chi connectivity index (χ0v) is 17.1. The van der Waals surface area contributed by atoms with Crippen LogP contribution >= 0.6 is 0 Å². The highest BCUT2D eigenvalue weighted by Gasteiger charge is 2.13. The second kappa shape index (κ2) is 10.8. The van der Waals surface area contributed by atoms with Crippen LogP contribution in [0.4, 0.5) is 5.69 Å². The summed E-state index contributed by atoms with van der Waals surface area (Å²) in [5.74, 6) is -0.294. The molecule has 0 aliphatic carbocycles. The SMILES string of the molecule is C[C@@H](NC(=O)CNc1ccccc1C(=O)NCCc1ccccc1)c1ccccc1. The maximum absolute atomic E-state index is 12.6. The zero-order valence-electron chi connectivity index (χ0n) is 17.1. The largest absolute Gasteiger partial charge is 0.376 e. The van der Waals surface area contributed by atoms with Crippen molar-refractivity contribution >= 4 is 17.5 Å². The molecule has 2 amide bonds. The van der Waals surface area contributed by atoms with Crippen molar-refractivity contribution in [2.24, 2.45) is 0 Å². The first-order valence-electron chi connectivity index (χ1n) is 10.1. The van der Waals surface area contributed by atoms with E-state index in [2.05, 4.69) is 16.0 Å². The summed E-state index contributed by atoms with van der Waals surface area (Å²) in [6.45, 7) is 2.58. The lowest BCUT2D eigenvalue weighted by atomic mass is 10.1. The quantitative estimate of drug-likeness (QED) is 0.508. The van der Waals surface area contributed by atoms with Gasteiger partial charge in [0.15, 0.2) is 0 Å². The number of amides is 2. The van der Waals surface area contributed by atoms with Crippen molar-refractivity contribution in [3.8, 4) is 0 Å². The molecule has 0 spiro atoms. The van der Waals surface area contributed by atoms with Gasteiger partial charge in [-0.3, -0.25) is 9.59 Å². The van der Waals surface area contributed by atoms with E-state index in [1.807, 2.05) is 79.7 Å². The van der Waals surface area contributed by atoms with E-state index >= 15 is 0 Å². The molecule has 3 rings (SSSR count). The fraction of sp³-hybridized carbons (Fsp3) is 0.200. The summed E-state index contributed by atoms with van der Waals surface area (Å²) in [5, 5.41) is 9.00. The van der Waals surface area contributed by atoms with Crippen LogP contribution in [0.1, 0.15) is 34.5 Å². The van der Waals surface area contributed by atoms with Crippen LogP contribution < -0.4 is 16.0 Å². The fourth-order valence-corrected chi connectivity index (χ4v) is 3.19. The number of rotatable bonds is 9. The van der Waals surface area contributed by atoms with E-state index in [4.69, 9.17) is 0 Å². The van der Waals surface area contributed by atoms with Gasteiger partial charge in [0, 0.05) is 12.2 Å². The molecule has 0 aliphatic heterocycles. The van der Waals surface area contributed by atoms with E-state index in [9.17, 15) is 9.59 Å².